The summed E-state index contributed by atoms with van der Waals surface area (Å²) >= 11 is 0. The van der Waals surface area contributed by atoms with E-state index in [1.807, 2.05) is 89.5 Å². The maximum atomic E-state index is 12.8. The molecular weight excluding hydrogens is 410 g/mol. The molecule has 0 atom stereocenters. The zero-order chi connectivity index (χ0) is 22.6. The van der Waals surface area contributed by atoms with Crippen molar-refractivity contribution in [3.63, 3.8) is 0 Å². The molecule has 3 aromatic carbocycles. The molecule has 2 aromatic heterocycles. The van der Waals surface area contributed by atoms with Gasteiger partial charge in [-0.05, 0) is 29.3 Å². The van der Waals surface area contributed by atoms with Crippen LogP contribution in [0.2, 0.25) is 0 Å². The van der Waals surface area contributed by atoms with Gasteiger partial charge in [0.25, 0.3) is 0 Å². The summed E-state index contributed by atoms with van der Waals surface area (Å²) in [6.07, 6.45) is 3.19. The van der Waals surface area contributed by atoms with E-state index in [1.54, 1.807) is 6.08 Å². The lowest BCUT2D eigenvalue weighted by molar-refractivity contribution is -0.111. The number of hydrogen-bond acceptors (Lipinski definition) is 4. The molecule has 0 radical (unpaired) electrons. The van der Waals surface area contributed by atoms with E-state index < -0.39 is 0 Å². The summed E-state index contributed by atoms with van der Waals surface area (Å²) in [5, 5.41) is 12.9. The second-order valence-corrected chi connectivity index (χ2v) is 7.52. The number of amides is 1. The molecule has 1 N–H and O–H groups in total. The third-order valence-corrected chi connectivity index (χ3v) is 5.31. The van der Waals surface area contributed by atoms with Gasteiger partial charge < -0.3 is 9.88 Å². The Hall–Kier alpha value is -4.76. The second kappa shape index (κ2) is 8.77. The molecule has 0 spiro atoms. The van der Waals surface area contributed by atoms with E-state index in [9.17, 15) is 10.1 Å². The van der Waals surface area contributed by atoms with Crippen LogP contribution in [0.4, 0.5) is 5.82 Å². The average Bonchev–Trinajstić information content (AvgIpc) is 3.13. The molecule has 0 fully saturated rings. The van der Waals surface area contributed by atoms with Crippen molar-refractivity contribution in [2.24, 2.45) is 0 Å². The number of para-hydroxylation sites is 2. The van der Waals surface area contributed by atoms with Gasteiger partial charge in [-0.1, -0.05) is 72.8 Å². The Balaban J connectivity index is 1.63. The van der Waals surface area contributed by atoms with Crippen molar-refractivity contribution in [3.05, 3.63) is 108 Å². The molecule has 0 saturated carbocycles. The molecule has 0 bridgehead atoms. The lowest BCUT2D eigenvalue weighted by Gasteiger charge is -2.11. The van der Waals surface area contributed by atoms with Crippen molar-refractivity contribution in [1.29, 1.82) is 5.26 Å². The van der Waals surface area contributed by atoms with E-state index in [-0.39, 0.29) is 5.91 Å². The van der Waals surface area contributed by atoms with Crippen LogP contribution in [0.1, 0.15) is 16.7 Å². The smallest absolute Gasteiger partial charge is 0.249 e. The highest BCUT2D eigenvalue weighted by Crippen LogP contribution is 2.30. The maximum Gasteiger partial charge on any atom is 0.249 e. The first kappa shape index (κ1) is 20.2. The summed E-state index contributed by atoms with van der Waals surface area (Å²) in [7, 11) is 0. The standard InChI is InChI=1S/C27H19N5O/c28-17-21-25-27(30-23-14-8-7-13-22(23)29-25)32(18-20-11-5-2-6-12-20)26(21)31-24(33)16-15-19-9-3-1-4-10-19/h1-16H,18H2,(H,31,33). The average molecular weight is 429 g/mol. The summed E-state index contributed by atoms with van der Waals surface area (Å²) < 4.78 is 1.84. The molecule has 2 heterocycles. The first-order valence-electron chi connectivity index (χ1n) is 10.5. The monoisotopic (exact) mass is 429 g/mol. The summed E-state index contributed by atoms with van der Waals surface area (Å²) in [6, 6.07) is 29.1. The highest BCUT2D eigenvalue weighted by atomic mass is 16.1. The van der Waals surface area contributed by atoms with E-state index >= 15 is 0 Å². The Labute approximate surface area is 190 Å². The SMILES string of the molecule is N#Cc1c(NC(=O)C=Cc2ccccc2)n(Cc2ccccc2)c2nc3ccccc3nc12. The van der Waals surface area contributed by atoms with Crippen LogP contribution in [0, 0.1) is 11.3 Å². The number of rotatable bonds is 5. The van der Waals surface area contributed by atoms with Crippen molar-refractivity contribution in [2.45, 2.75) is 6.54 Å². The van der Waals surface area contributed by atoms with Crippen molar-refractivity contribution in [2.75, 3.05) is 5.32 Å². The van der Waals surface area contributed by atoms with Crippen molar-refractivity contribution < 1.29 is 4.79 Å². The van der Waals surface area contributed by atoms with Gasteiger partial charge in [0.1, 0.15) is 23.0 Å². The molecule has 6 heteroatoms. The molecule has 5 aromatic rings. The summed E-state index contributed by atoms with van der Waals surface area (Å²) in [5.74, 6) is 0.0476. The zero-order valence-electron chi connectivity index (χ0n) is 17.6. The number of hydrogen-bond donors (Lipinski definition) is 1. The van der Waals surface area contributed by atoms with Crippen LogP contribution in [0.5, 0.6) is 0 Å². The molecule has 33 heavy (non-hydrogen) atoms. The van der Waals surface area contributed by atoms with Gasteiger partial charge in [0.2, 0.25) is 5.91 Å². The van der Waals surface area contributed by atoms with Crippen LogP contribution in [-0.2, 0) is 11.3 Å². The van der Waals surface area contributed by atoms with Gasteiger partial charge >= 0.3 is 0 Å². The predicted octanol–water partition coefficient (Wildman–Crippen LogP) is 5.16. The fourth-order valence-electron chi connectivity index (χ4n) is 3.75. The van der Waals surface area contributed by atoms with Crippen LogP contribution >= 0.6 is 0 Å². The van der Waals surface area contributed by atoms with Gasteiger partial charge in [0, 0.05) is 6.08 Å². The van der Waals surface area contributed by atoms with Crippen molar-refractivity contribution in [1.82, 2.24) is 14.5 Å². The number of fused-ring (bicyclic) bond motifs is 2. The number of nitriles is 1. The van der Waals surface area contributed by atoms with Crippen LogP contribution in [0.3, 0.4) is 0 Å². The Morgan fingerprint density at radius 3 is 2.24 bits per heavy atom. The number of nitrogens with one attached hydrogen (secondary N) is 1. The molecule has 0 unspecified atom stereocenters. The number of anilines is 1. The Morgan fingerprint density at radius 1 is 0.909 bits per heavy atom. The minimum atomic E-state index is -0.336. The fourth-order valence-corrected chi connectivity index (χ4v) is 3.75. The summed E-state index contributed by atoms with van der Waals surface area (Å²) in [5.41, 5.74) is 4.66. The van der Waals surface area contributed by atoms with Crippen LogP contribution in [0.15, 0.2) is 91.0 Å². The highest BCUT2D eigenvalue weighted by molar-refractivity contribution is 6.05. The molecule has 0 aliphatic rings. The number of carbonyl (C=O) groups is 1. The third kappa shape index (κ3) is 4.08. The van der Waals surface area contributed by atoms with Gasteiger partial charge in [-0.15, -0.1) is 0 Å². The predicted molar refractivity (Wildman–Crippen MR) is 129 cm³/mol. The molecule has 1 amide bonds. The number of nitrogens with zero attached hydrogens (tertiary/aromatic N) is 4. The van der Waals surface area contributed by atoms with E-state index in [0.29, 0.717) is 34.6 Å². The first-order valence-corrected chi connectivity index (χ1v) is 10.5. The van der Waals surface area contributed by atoms with E-state index in [1.165, 1.54) is 6.08 Å². The Kier molecular flexibility index (Phi) is 5.36. The van der Waals surface area contributed by atoms with Crippen molar-refractivity contribution >= 4 is 40.0 Å². The van der Waals surface area contributed by atoms with Crippen molar-refractivity contribution in [3.8, 4) is 6.07 Å². The molecule has 0 aliphatic carbocycles. The van der Waals surface area contributed by atoms with E-state index in [0.717, 1.165) is 16.6 Å². The second-order valence-electron chi connectivity index (χ2n) is 7.52. The minimum Gasteiger partial charge on any atom is -0.307 e. The lowest BCUT2D eigenvalue weighted by Crippen LogP contribution is -2.14. The molecule has 158 valence electrons. The molecular formula is C27H19N5O. The first-order chi connectivity index (χ1) is 16.2. The Bertz CT molecular complexity index is 1530. The highest BCUT2D eigenvalue weighted by Gasteiger charge is 2.22. The van der Waals surface area contributed by atoms with E-state index in [4.69, 9.17) is 9.97 Å². The van der Waals surface area contributed by atoms with Gasteiger partial charge in [-0.25, -0.2) is 9.97 Å². The Morgan fingerprint density at radius 2 is 1.55 bits per heavy atom. The van der Waals surface area contributed by atoms with Gasteiger partial charge in [-0.2, -0.15) is 5.26 Å². The number of carbonyl (C=O) groups excluding carboxylic acids is 1. The zero-order valence-corrected chi connectivity index (χ0v) is 17.6. The number of aromatic nitrogens is 3. The third-order valence-electron chi connectivity index (χ3n) is 5.31. The number of benzene rings is 3. The lowest BCUT2D eigenvalue weighted by atomic mass is 10.2. The van der Waals surface area contributed by atoms with E-state index in [2.05, 4.69) is 11.4 Å². The quantitative estimate of drug-likeness (QED) is 0.391. The van der Waals surface area contributed by atoms with Crippen LogP contribution < -0.4 is 5.32 Å². The topological polar surface area (TPSA) is 83.6 Å². The maximum absolute atomic E-state index is 12.8. The summed E-state index contributed by atoms with van der Waals surface area (Å²) in [6.45, 7) is 0.435. The molecule has 0 saturated heterocycles. The van der Waals surface area contributed by atoms with Gasteiger partial charge in [-0.3, -0.25) is 4.79 Å². The van der Waals surface area contributed by atoms with Gasteiger partial charge in [0.15, 0.2) is 5.65 Å². The van der Waals surface area contributed by atoms with Crippen LogP contribution in [0.25, 0.3) is 28.3 Å². The van der Waals surface area contributed by atoms with Crippen LogP contribution in [-0.4, -0.2) is 20.4 Å². The summed E-state index contributed by atoms with van der Waals surface area (Å²) in [4.78, 5) is 22.3. The normalized spacial score (nSPS) is 11.1. The molecule has 5 rings (SSSR count). The molecule has 6 nitrogen and oxygen atoms in total. The fraction of sp³-hybridized carbons (Fsp3) is 0.0370. The molecule has 0 aliphatic heterocycles. The van der Waals surface area contributed by atoms with Gasteiger partial charge in [0.05, 0.1) is 17.6 Å². The largest absolute Gasteiger partial charge is 0.307 e. The minimum absolute atomic E-state index is 0.292.